The van der Waals surface area contributed by atoms with Gasteiger partial charge in [-0.1, -0.05) is 25.7 Å². The van der Waals surface area contributed by atoms with Crippen LogP contribution in [0.1, 0.15) is 55.3 Å². The van der Waals surface area contributed by atoms with E-state index in [-0.39, 0.29) is 23.1 Å². The Morgan fingerprint density at radius 2 is 1.96 bits per heavy atom. The normalized spacial score (nSPS) is 26.2. The Balaban J connectivity index is 1.52. The molecule has 25 heavy (non-hydrogen) atoms. The molecule has 2 aromatic heterocycles. The number of nitrogens with zero attached hydrogens (tertiary/aromatic N) is 2. The van der Waals surface area contributed by atoms with Gasteiger partial charge in [0.1, 0.15) is 11.2 Å². The minimum Gasteiger partial charge on any atom is -0.349 e. The Bertz CT molecular complexity index is 863. The predicted molar refractivity (Wildman–Crippen MR) is 99.7 cm³/mol. The second-order valence-electron chi connectivity index (χ2n) is 7.34. The Morgan fingerprint density at radius 3 is 2.80 bits per heavy atom. The highest BCUT2D eigenvalue weighted by Crippen LogP contribution is 2.40. The van der Waals surface area contributed by atoms with Crippen molar-refractivity contribution in [2.24, 2.45) is 11.8 Å². The van der Waals surface area contributed by atoms with E-state index in [1.165, 1.54) is 42.7 Å². The van der Waals surface area contributed by atoms with Crippen molar-refractivity contribution < 1.29 is 4.79 Å². The number of aromatic nitrogens is 2. The number of fused-ring (bicyclic) bond motifs is 2. The smallest absolute Gasteiger partial charge is 0.270 e. The van der Waals surface area contributed by atoms with Gasteiger partial charge in [-0.25, -0.2) is 4.98 Å². The molecule has 2 fully saturated rings. The van der Waals surface area contributed by atoms with Crippen molar-refractivity contribution in [1.82, 2.24) is 14.7 Å². The van der Waals surface area contributed by atoms with E-state index in [4.69, 9.17) is 0 Å². The number of carbonyl (C=O) groups is 1. The standard InChI is InChI=1S/C19H22BrN3O2/c20-14-6-8-17-21-10-16(19(25)23(17)11-14)18(24)22-15-7-5-12-3-1-2-4-13(12)9-15/h6,8,10-13,15H,1-5,7,9H2,(H,22,24)/t12-,13-,15+/m0/s1. The number of amides is 1. The molecule has 1 amide bonds. The molecule has 2 aliphatic rings. The van der Waals surface area contributed by atoms with Crippen LogP contribution in [0.5, 0.6) is 0 Å². The molecule has 132 valence electrons. The van der Waals surface area contributed by atoms with Crippen LogP contribution in [0.25, 0.3) is 5.65 Å². The maximum absolute atomic E-state index is 12.6. The molecule has 1 N–H and O–H groups in total. The van der Waals surface area contributed by atoms with Crippen LogP contribution in [0.4, 0.5) is 0 Å². The predicted octanol–water partition coefficient (Wildman–Crippen LogP) is 3.55. The van der Waals surface area contributed by atoms with Gasteiger partial charge in [-0.05, 0) is 59.2 Å². The Morgan fingerprint density at radius 1 is 1.16 bits per heavy atom. The van der Waals surface area contributed by atoms with Gasteiger partial charge >= 0.3 is 0 Å². The van der Waals surface area contributed by atoms with E-state index in [2.05, 4.69) is 26.2 Å². The van der Waals surface area contributed by atoms with Crippen LogP contribution in [0, 0.1) is 11.8 Å². The van der Waals surface area contributed by atoms with Gasteiger partial charge in [0.15, 0.2) is 0 Å². The van der Waals surface area contributed by atoms with Crippen LogP contribution in [0.2, 0.25) is 0 Å². The minimum atomic E-state index is -0.324. The lowest BCUT2D eigenvalue weighted by Gasteiger charge is -2.39. The topological polar surface area (TPSA) is 63.5 Å². The molecule has 0 unspecified atom stereocenters. The molecule has 5 nitrogen and oxygen atoms in total. The zero-order valence-electron chi connectivity index (χ0n) is 14.1. The zero-order chi connectivity index (χ0) is 17.4. The summed E-state index contributed by atoms with van der Waals surface area (Å²) in [5.41, 5.74) is 0.323. The quantitative estimate of drug-likeness (QED) is 0.833. The largest absolute Gasteiger partial charge is 0.349 e. The lowest BCUT2D eigenvalue weighted by molar-refractivity contribution is 0.0877. The summed E-state index contributed by atoms with van der Waals surface area (Å²) in [6.07, 6.45) is 11.6. The average molecular weight is 404 g/mol. The summed E-state index contributed by atoms with van der Waals surface area (Å²) in [7, 11) is 0. The number of carbonyl (C=O) groups excluding carboxylic acids is 1. The van der Waals surface area contributed by atoms with Gasteiger partial charge in [0.05, 0.1) is 0 Å². The second-order valence-corrected chi connectivity index (χ2v) is 8.26. The summed E-state index contributed by atoms with van der Waals surface area (Å²) >= 11 is 3.35. The molecule has 6 heteroatoms. The number of pyridine rings is 1. The first kappa shape index (κ1) is 16.8. The Hall–Kier alpha value is -1.69. The van der Waals surface area contributed by atoms with E-state index in [0.717, 1.165) is 29.2 Å². The van der Waals surface area contributed by atoms with Crippen molar-refractivity contribution in [3.8, 4) is 0 Å². The maximum Gasteiger partial charge on any atom is 0.270 e. The molecule has 0 bridgehead atoms. The maximum atomic E-state index is 12.6. The molecule has 2 saturated carbocycles. The Labute approximate surface area is 155 Å². The van der Waals surface area contributed by atoms with Crippen molar-refractivity contribution in [2.75, 3.05) is 0 Å². The molecule has 0 aromatic carbocycles. The zero-order valence-corrected chi connectivity index (χ0v) is 15.7. The van der Waals surface area contributed by atoms with Gasteiger partial charge in [0.25, 0.3) is 11.5 Å². The van der Waals surface area contributed by atoms with Gasteiger partial charge in [-0.3, -0.25) is 14.0 Å². The van der Waals surface area contributed by atoms with Crippen LogP contribution in [0.3, 0.4) is 0 Å². The van der Waals surface area contributed by atoms with E-state index in [9.17, 15) is 9.59 Å². The molecular weight excluding hydrogens is 382 g/mol. The number of halogens is 1. The first-order valence-corrected chi connectivity index (χ1v) is 9.89. The van der Waals surface area contributed by atoms with E-state index < -0.39 is 0 Å². The van der Waals surface area contributed by atoms with Crippen LogP contribution >= 0.6 is 15.9 Å². The highest BCUT2D eigenvalue weighted by Gasteiger charge is 2.33. The van der Waals surface area contributed by atoms with E-state index in [1.807, 2.05) is 6.07 Å². The monoisotopic (exact) mass is 403 g/mol. The van der Waals surface area contributed by atoms with Crippen LogP contribution < -0.4 is 10.9 Å². The van der Waals surface area contributed by atoms with E-state index in [0.29, 0.717) is 5.65 Å². The lowest BCUT2D eigenvalue weighted by Crippen LogP contribution is -2.43. The molecule has 2 aromatic rings. The fourth-order valence-corrected chi connectivity index (χ4v) is 4.81. The molecule has 0 aliphatic heterocycles. The van der Waals surface area contributed by atoms with Gasteiger partial charge in [-0.2, -0.15) is 0 Å². The van der Waals surface area contributed by atoms with Gasteiger partial charge in [0, 0.05) is 22.9 Å². The molecule has 0 saturated heterocycles. The molecule has 3 atom stereocenters. The van der Waals surface area contributed by atoms with Gasteiger partial charge < -0.3 is 5.32 Å². The number of hydrogen-bond donors (Lipinski definition) is 1. The summed E-state index contributed by atoms with van der Waals surface area (Å²) < 4.78 is 2.19. The summed E-state index contributed by atoms with van der Waals surface area (Å²) in [4.78, 5) is 29.5. The molecule has 0 spiro atoms. The third-order valence-electron chi connectivity index (χ3n) is 5.79. The molecule has 2 heterocycles. The van der Waals surface area contributed by atoms with E-state index >= 15 is 0 Å². The number of rotatable bonds is 2. The lowest BCUT2D eigenvalue weighted by atomic mass is 9.69. The number of hydrogen-bond acceptors (Lipinski definition) is 3. The molecular formula is C19H22BrN3O2. The third kappa shape index (κ3) is 3.36. The van der Waals surface area contributed by atoms with Crippen molar-refractivity contribution in [3.05, 3.63) is 44.9 Å². The van der Waals surface area contributed by atoms with Crippen molar-refractivity contribution >= 4 is 27.5 Å². The van der Waals surface area contributed by atoms with Crippen LogP contribution in [0.15, 0.2) is 33.8 Å². The first-order chi connectivity index (χ1) is 12.1. The van der Waals surface area contributed by atoms with Crippen molar-refractivity contribution in [2.45, 2.75) is 51.0 Å². The summed E-state index contributed by atoms with van der Waals surface area (Å²) in [6, 6.07) is 3.75. The van der Waals surface area contributed by atoms with Gasteiger partial charge in [-0.15, -0.1) is 0 Å². The summed E-state index contributed by atoms with van der Waals surface area (Å²) in [6.45, 7) is 0. The van der Waals surface area contributed by atoms with Gasteiger partial charge in [0.2, 0.25) is 0 Å². The highest BCUT2D eigenvalue weighted by atomic mass is 79.9. The fourth-order valence-electron chi connectivity index (χ4n) is 4.47. The summed E-state index contributed by atoms with van der Waals surface area (Å²) in [5.74, 6) is 1.28. The fraction of sp³-hybridized carbons (Fsp3) is 0.526. The van der Waals surface area contributed by atoms with Crippen LogP contribution in [-0.2, 0) is 0 Å². The Kier molecular flexibility index (Phi) is 4.63. The van der Waals surface area contributed by atoms with Crippen LogP contribution in [-0.4, -0.2) is 21.3 Å². The third-order valence-corrected chi connectivity index (χ3v) is 6.25. The van der Waals surface area contributed by atoms with Crippen molar-refractivity contribution in [3.63, 3.8) is 0 Å². The second kappa shape index (κ2) is 6.90. The average Bonchev–Trinajstić information content (AvgIpc) is 2.62. The molecule has 0 radical (unpaired) electrons. The summed E-state index contributed by atoms with van der Waals surface area (Å²) in [5, 5.41) is 3.08. The SMILES string of the molecule is O=C(N[C@@H]1CC[C@@H]2CCCC[C@H]2C1)c1cnc2ccc(Br)cn2c1=O. The minimum absolute atomic E-state index is 0.112. The molecule has 2 aliphatic carbocycles. The van der Waals surface area contributed by atoms with Crippen molar-refractivity contribution in [1.29, 1.82) is 0 Å². The molecule has 4 rings (SSSR count). The highest BCUT2D eigenvalue weighted by molar-refractivity contribution is 9.10. The number of nitrogens with one attached hydrogen (secondary N) is 1. The first-order valence-electron chi connectivity index (χ1n) is 9.09. The van der Waals surface area contributed by atoms with E-state index in [1.54, 1.807) is 12.3 Å².